The van der Waals surface area contributed by atoms with Gasteiger partial charge in [-0.3, -0.25) is 4.98 Å². The van der Waals surface area contributed by atoms with E-state index in [0.29, 0.717) is 18.4 Å². The van der Waals surface area contributed by atoms with Crippen LogP contribution in [0, 0.1) is 12.8 Å². The topological polar surface area (TPSA) is 46.2 Å². The largest absolute Gasteiger partial charge is 0.493 e. The van der Waals surface area contributed by atoms with E-state index < -0.39 is 0 Å². The lowest BCUT2D eigenvalue weighted by atomic mass is 9.88. The van der Waals surface area contributed by atoms with Crippen LogP contribution in [0.15, 0.2) is 53.2 Å². The van der Waals surface area contributed by atoms with E-state index in [2.05, 4.69) is 64.5 Å². The first-order chi connectivity index (χ1) is 13.4. The fraction of sp³-hybridized carbons (Fsp3) is 0.458. The SMILES string of the molecule is CC1=C(C)C(c2cnc(C(C)CC(C)CC3=CC=CNN3)c(C)c2)=C(C)OC1. The molecule has 4 nitrogen and oxygen atoms in total. The first-order valence-electron chi connectivity index (χ1n) is 10.2. The molecule has 1 aromatic heterocycles. The number of hydrogen-bond acceptors (Lipinski definition) is 4. The summed E-state index contributed by atoms with van der Waals surface area (Å²) in [6.45, 7) is 13.8. The lowest BCUT2D eigenvalue weighted by Crippen LogP contribution is -2.29. The van der Waals surface area contributed by atoms with Gasteiger partial charge in [0.2, 0.25) is 0 Å². The zero-order valence-electron chi connectivity index (χ0n) is 18.0. The minimum Gasteiger partial charge on any atom is -0.493 e. The third-order valence-electron chi connectivity index (χ3n) is 5.78. The highest BCUT2D eigenvalue weighted by molar-refractivity contribution is 5.81. The standard InChI is InChI=1S/C24H33N3O/c1-15(11-22-8-7-9-26-27-22)10-16(2)24-17(3)12-21(13-25-24)23-19(5)18(4)14-28-20(23)6/h7-9,12-13,15-16,26-27H,10-11,14H2,1-6H3. The summed E-state index contributed by atoms with van der Waals surface area (Å²) >= 11 is 0. The molecular formula is C24H33N3O. The number of aromatic nitrogens is 1. The van der Waals surface area contributed by atoms with Crippen LogP contribution in [-0.2, 0) is 4.74 Å². The fourth-order valence-corrected chi connectivity index (χ4v) is 4.21. The summed E-state index contributed by atoms with van der Waals surface area (Å²) in [7, 11) is 0. The minimum atomic E-state index is 0.424. The summed E-state index contributed by atoms with van der Waals surface area (Å²) < 4.78 is 5.84. The molecule has 0 amide bonds. The molecule has 3 rings (SSSR count). The molecule has 4 heteroatoms. The number of aryl methyl sites for hydroxylation is 1. The highest BCUT2D eigenvalue weighted by Crippen LogP contribution is 2.34. The van der Waals surface area contributed by atoms with Gasteiger partial charge in [0, 0.05) is 34.9 Å². The van der Waals surface area contributed by atoms with Gasteiger partial charge >= 0.3 is 0 Å². The van der Waals surface area contributed by atoms with Crippen molar-refractivity contribution in [1.29, 1.82) is 0 Å². The molecule has 0 aromatic carbocycles. The molecule has 1 aromatic rings. The second kappa shape index (κ2) is 8.68. The molecule has 2 aliphatic rings. The molecule has 0 saturated carbocycles. The zero-order chi connectivity index (χ0) is 20.3. The van der Waals surface area contributed by atoms with Crippen LogP contribution >= 0.6 is 0 Å². The van der Waals surface area contributed by atoms with Gasteiger partial charge in [-0.15, -0.1) is 0 Å². The van der Waals surface area contributed by atoms with E-state index in [9.17, 15) is 0 Å². The third-order valence-corrected chi connectivity index (χ3v) is 5.78. The van der Waals surface area contributed by atoms with Gasteiger partial charge in [-0.2, -0.15) is 0 Å². The van der Waals surface area contributed by atoms with Crippen LogP contribution in [0.25, 0.3) is 5.57 Å². The summed E-state index contributed by atoms with van der Waals surface area (Å²) in [5.74, 6) is 2.00. The molecular weight excluding hydrogens is 346 g/mol. The maximum Gasteiger partial charge on any atom is 0.109 e. The Labute approximate surface area is 169 Å². The van der Waals surface area contributed by atoms with Crippen molar-refractivity contribution in [2.75, 3.05) is 6.61 Å². The Balaban J connectivity index is 1.73. The maximum atomic E-state index is 5.84. The van der Waals surface area contributed by atoms with Gasteiger partial charge in [-0.05, 0) is 87.3 Å². The Kier molecular flexibility index (Phi) is 6.28. The molecule has 2 N–H and O–H groups in total. The Morgan fingerprint density at radius 3 is 2.64 bits per heavy atom. The Morgan fingerprint density at radius 1 is 1.18 bits per heavy atom. The monoisotopic (exact) mass is 379 g/mol. The molecule has 2 atom stereocenters. The van der Waals surface area contributed by atoms with E-state index in [4.69, 9.17) is 9.72 Å². The van der Waals surface area contributed by atoms with Crippen molar-refractivity contribution in [2.24, 2.45) is 5.92 Å². The summed E-state index contributed by atoms with van der Waals surface area (Å²) in [5, 5.41) is 0. The number of nitrogens with zero attached hydrogens (tertiary/aromatic N) is 1. The second-order valence-electron chi connectivity index (χ2n) is 8.32. The molecule has 0 radical (unpaired) electrons. The predicted octanol–water partition coefficient (Wildman–Crippen LogP) is 5.51. The highest BCUT2D eigenvalue weighted by atomic mass is 16.5. The number of hydrazine groups is 1. The fourth-order valence-electron chi connectivity index (χ4n) is 4.21. The number of rotatable bonds is 6. The van der Waals surface area contributed by atoms with Crippen molar-refractivity contribution >= 4 is 5.57 Å². The van der Waals surface area contributed by atoms with Crippen molar-refractivity contribution in [1.82, 2.24) is 15.8 Å². The average molecular weight is 380 g/mol. The van der Waals surface area contributed by atoms with Crippen LogP contribution in [0.1, 0.15) is 70.2 Å². The van der Waals surface area contributed by atoms with Gasteiger partial charge in [-0.25, -0.2) is 0 Å². The molecule has 3 heterocycles. The first-order valence-corrected chi connectivity index (χ1v) is 10.2. The van der Waals surface area contributed by atoms with Crippen molar-refractivity contribution < 1.29 is 4.74 Å². The van der Waals surface area contributed by atoms with Crippen molar-refractivity contribution in [3.05, 3.63) is 70.0 Å². The van der Waals surface area contributed by atoms with Gasteiger partial charge in [0.15, 0.2) is 0 Å². The zero-order valence-corrected chi connectivity index (χ0v) is 18.0. The van der Waals surface area contributed by atoms with Crippen LogP contribution in [-0.4, -0.2) is 11.6 Å². The second-order valence-corrected chi connectivity index (χ2v) is 8.32. The Hall–Kier alpha value is -2.49. The highest BCUT2D eigenvalue weighted by Gasteiger charge is 2.20. The Morgan fingerprint density at radius 2 is 1.96 bits per heavy atom. The van der Waals surface area contributed by atoms with Crippen molar-refractivity contribution in [2.45, 2.75) is 60.3 Å². The van der Waals surface area contributed by atoms with Gasteiger partial charge < -0.3 is 15.6 Å². The van der Waals surface area contributed by atoms with Crippen LogP contribution in [0.4, 0.5) is 0 Å². The van der Waals surface area contributed by atoms with E-state index in [1.165, 1.54) is 33.7 Å². The van der Waals surface area contributed by atoms with Gasteiger partial charge in [0.1, 0.15) is 12.4 Å². The number of hydrogen-bond donors (Lipinski definition) is 2. The van der Waals surface area contributed by atoms with Gasteiger partial charge in [0.25, 0.3) is 0 Å². The number of ether oxygens (including phenoxy) is 1. The van der Waals surface area contributed by atoms with E-state index in [1.807, 2.05) is 18.5 Å². The van der Waals surface area contributed by atoms with Crippen LogP contribution in [0.3, 0.4) is 0 Å². The van der Waals surface area contributed by atoms with E-state index in [0.717, 1.165) is 24.2 Å². The number of nitrogens with one attached hydrogen (secondary N) is 2. The summed E-state index contributed by atoms with van der Waals surface area (Å²) in [4.78, 5) is 4.88. The van der Waals surface area contributed by atoms with Gasteiger partial charge in [-0.1, -0.05) is 13.8 Å². The smallest absolute Gasteiger partial charge is 0.109 e. The third kappa shape index (κ3) is 4.49. The maximum absolute atomic E-state index is 5.84. The lowest BCUT2D eigenvalue weighted by molar-refractivity contribution is 0.238. The molecule has 150 valence electrons. The van der Waals surface area contributed by atoms with Crippen molar-refractivity contribution in [3.63, 3.8) is 0 Å². The van der Waals surface area contributed by atoms with Crippen molar-refractivity contribution in [3.8, 4) is 0 Å². The van der Waals surface area contributed by atoms with E-state index in [1.54, 1.807) is 0 Å². The molecule has 0 saturated heterocycles. The summed E-state index contributed by atoms with van der Waals surface area (Å²) in [6, 6.07) is 2.27. The number of allylic oxidation sites excluding steroid dienone is 6. The summed E-state index contributed by atoms with van der Waals surface area (Å²) in [6.07, 6.45) is 10.2. The molecule has 0 aliphatic carbocycles. The van der Waals surface area contributed by atoms with Crippen LogP contribution in [0.5, 0.6) is 0 Å². The van der Waals surface area contributed by atoms with E-state index in [-0.39, 0.29) is 0 Å². The minimum absolute atomic E-state index is 0.424. The predicted molar refractivity (Wildman–Crippen MR) is 116 cm³/mol. The molecule has 0 fully saturated rings. The molecule has 2 aliphatic heterocycles. The molecule has 28 heavy (non-hydrogen) atoms. The van der Waals surface area contributed by atoms with Crippen LogP contribution in [0.2, 0.25) is 0 Å². The molecule has 0 bridgehead atoms. The molecule has 2 unspecified atom stereocenters. The number of pyridine rings is 1. The normalized spacial score (nSPS) is 18.9. The summed E-state index contributed by atoms with van der Waals surface area (Å²) in [5.41, 5.74) is 14.9. The quantitative estimate of drug-likeness (QED) is 0.684. The van der Waals surface area contributed by atoms with Gasteiger partial charge in [0.05, 0.1) is 0 Å². The first kappa shape index (κ1) is 20.2. The Bertz CT molecular complexity index is 861. The lowest BCUT2D eigenvalue weighted by Gasteiger charge is -2.24. The average Bonchev–Trinajstić information content (AvgIpc) is 2.66. The van der Waals surface area contributed by atoms with Crippen LogP contribution < -0.4 is 10.9 Å². The molecule has 0 spiro atoms. The van der Waals surface area contributed by atoms with E-state index >= 15 is 0 Å².